The lowest BCUT2D eigenvalue weighted by atomic mass is 9.77. The van der Waals surface area contributed by atoms with Crippen LogP contribution in [-0.4, -0.2) is 59.2 Å². The molecule has 2 bridgehead atoms. The Bertz CT molecular complexity index is 506. The largest absolute Gasteiger partial charge is 0.338 e. The topological polar surface area (TPSA) is 57.4 Å². The fraction of sp³-hybridized carbons (Fsp3) is 0.867. The van der Waals surface area contributed by atoms with E-state index in [0.29, 0.717) is 6.04 Å². The van der Waals surface area contributed by atoms with Gasteiger partial charge in [-0.25, -0.2) is 0 Å². The predicted octanol–water partition coefficient (Wildman–Crippen LogP) is 1.19. The summed E-state index contributed by atoms with van der Waals surface area (Å²) in [7, 11) is 0. The molecule has 4 aliphatic heterocycles. The van der Waals surface area contributed by atoms with Crippen molar-refractivity contribution in [1.82, 2.24) is 25.3 Å². The van der Waals surface area contributed by atoms with Gasteiger partial charge in [0, 0.05) is 32.7 Å². The van der Waals surface area contributed by atoms with Crippen LogP contribution in [0.25, 0.3) is 0 Å². The zero-order valence-electron chi connectivity index (χ0n) is 13.0. The molecular weight excluding hydrogens is 266 g/mol. The molecule has 0 radical (unpaired) electrons. The summed E-state index contributed by atoms with van der Waals surface area (Å²) in [5.41, 5.74) is 0.178. The minimum absolute atomic E-state index is 0.178. The number of nitrogens with zero attached hydrogens (tertiary/aromatic N) is 4. The van der Waals surface area contributed by atoms with E-state index in [4.69, 9.17) is 9.51 Å². The molecule has 4 fully saturated rings. The number of hydrogen-bond acceptors (Lipinski definition) is 6. The molecule has 1 aromatic heterocycles. The number of aromatic nitrogens is 2. The maximum Gasteiger partial charge on any atom is 0.244 e. The van der Waals surface area contributed by atoms with Crippen molar-refractivity contribution in [3.05, 3.63) is 11.7 Å². The van der Waals surface area contributed by atoms with Crippen molar-refractivity contribution in [2.24, 2.45) is 5.41 Å². The molecule has 5 rings (SSSR count). The van der Waals surface area contributed by atoms with Crippen molar-refractivity contribution in [2.45, 2.75) is 38.8 Å². The van der Waals surface area contributed by atoms with Crippen LogP contribution in [-0.2, 0) is 0 Å². The van der Waals surface area contributed by atoms with Crippen LogP contribution in [0.4, 0.5) is 0 Å². The Labute approximate surface area is 125 Å². The molecule has 1 aromatic rings. The summed E-state index contributed by atoms with van der Waals surface area (Å²) in [6.45, 7) is 11.3. The smallest absolute Gasteiger partial charge is 0.244 e. The first-order valence-corrected chi connectivity index (χ1v) is 8.17. The number of piperidine rings is 1. The van der Waals surface area contributed by atoms with Crippen molar-refractivity contribution >= 4 is 0 Å². The molecule has 0 saturated carbocycles. The zero-order valence-corrected chi connectivity index (χ0v) is 13.0. The van der Waals surface area contributed by atoms with Crippen LogP contribution in [0, 0.1) is 5.41 Å². The van der Waals surface area contributed by atoms with Crippen LogP contribution in [0.5, 0.6) is 0 Å². The molecule has 4 saturated heterocycles. The summed E-state index contributed by atoms with van der Waals surface area (Å²) in [6, 6.07) is 0.500. The Balaban J connectivity index is 1.55. The molecule has 6 nitrogen and oxygen atoms in total. The molecule has 0 aromatic carbocycles. The van der Waals surface area contributed by atoms with Crippen molar-refractivity contribution < 1.29 is 4.52 Å². The van der Waals surface area contributed by atoms with Gasteiger partial charge in [-0.05, 0) is 24.8 Å². The monoisotopic (exact) mass is 291 g/mol. The van der Waals surface area contributed by atoms with E-state index < -0.39 is 0 Å². The molecule has 6 heteroatoms. The van der Waals surface area contributed by atoms with E-state index in [9.17, 15) is 0 Å². The van der Waals surface area contributed by atoms with Crippen molar-refractivity contribution in [1.29, 1.82) is 0 Å². The summed E-state index contributed by atoms with van der Waals surface area (Å²) in [5.74, 6) is 1.64. The summed E-state index contributed by atoms with van der Waals surface area (Å²) in [6.07, 6.45) is 2.42. The predicted molar refractivity (Wildman–Crippen MR) is 78.8 cm³/mol. The highest BCUT2D eigenvalue weighted by Crippen LogP contribution is 2.39. The summed E-state index contributed by atoms with van der Waals surface area (Å²) >= 11 is 0. The van der Waals surface area contributed by atoms with Crippen LogP contribution >= 0.6 is 0 Å². The Hall–Kier alpha value is -0.980. The van der Waals surface area contributed by atoms with E-state index in [1.807, 2.05) is 0 Å². The third kappa shape index (κ3) is 2.39. The van der Waals surface area contributed by atoms with Gasteiger partial charge in [0.2, 0.25) is 5.89 Å². The normalized spacial score (nSPS) is 38.6. The molecule has 0 spiro atoms. The highest BCUT2D eigenvalue weighted by molar-refractivity contribution is 5.06. The lowest BCUT2D eigenvalue weighted by Crippen LogP contribution is -2.57. The number of nitrogens with one attached hydrogen (secondary N) is 1. The minimum Gasteiger partial charge on any atom is -0.338 e. The molecule has 0 aliphatic carbocycles. The van der Waals surface area contributed by atoms with Gasteiger partial charge in [0.25, 0.3) is 0 Å². The third-order valence-corrected chi connectivity index (χ3v) is 5.41. The Morgan fingerprint density at radius 2 is 2.05 bits per heavy atom. The highest BCUT2D eigenvalue weighted by atomic mass is 16.5. The van der Waals surface area contributed by atoms with E-state index >= 15 is 0 Å². The molecule has 116 valence electrons. The molecule has 21 heavy (non-hydrogen) atoms. The van der Waals surface area contributed by atoms with Gasteiger partial charge in [-0.2, -0.15) is 4.98 Å². The van der Waals surface area contributed by atoms with Crippen molar-refractivity contribution in [2.75, 3.05) is 39.3 Å². The summed E-state index contributed by atoms with van der Waals surface area (Å²) in [5, 5.41) is 7.86. The van der Waals surface area contributed by atoms with Crippen LogP contribution in [0.15, 0.2) is 4.52 Å². The summed E-state index contributed by atoms with van der Waals surface area (Å²) < 4.78 is 5.63. The van der Waals surface area contributed by atoms with E-state index in [1.165, 1.54) is 25.9 Å². The van der Waals surface area contributed by atoms with Crippen molar-refractivity contribution in [3.8, 4) is 0 Å². The van der Waals surface area contributed by atoms with Crippen molar-refractivity contribution in [3.63, 3.8) is 0 Å². The second-order valence-electron chi connectivity index (χ2n) is 7.32. The van der Waals surface area contributed by atoms with Crippen LogP contribution in [0.3, 0.4) is 0 Å². The molecule has 5 heterocycles. The lowest BCUT2D eigenvalue weighted by Gasteiger charge is -2.46. The highest BCUT2D eigenvalue weighted by Gasteiger charge is 2.39. The lowest BCUT2D eigenvalue weighted by molar-refractivity contribution is 0.00780. The first kappa shape index (κ1) is 13.7. The second kappa shape index (κ2) is 5.04. The Kier molecular flexibility index (Phi) is 3.28. The standard InChI is InChI=1S/C15H25N5O/c1-15(2)4-3-5-16-12(15)14-17-13(18-21-14)11-10-19-6-8-20(11)9-7-19/h11-12,16H,3-10H2,1-2H3. The first-order valence-electron chi connectivity index (χ1n) is 8.17. The van der Waals surface area contributed by atoms with E-state index in [0.717, 1.165) is 37.9 Å². The third-order valence-electron chi connectivity index (χ3n) is 5.41. The number of piperazine rings is 3. The van der Waals surface area contributed by atoms with Gasteiger partial charge in [-0.3, -0.25) is 9.80 Å². The average molecular weight is 291 g/mol. The van der Waals surface area contributed by atoms with Gasteiger partial charge in [-0.1, -0.05) is 19.0 Å². The van der Waals surface area contributed by atoms with Crippen LogP contribution in [0.1, 0.15) is 50.5 Å². The van der Waals surface area contributed by atoms with Crippen LogP contribution in [0.2, 0.25) is 0 Å². The van der Waals surface area contributed by atoms with E-state index in [-0.39, 0.29) is 11.5 Å². The Morgan fingerprint density at radius 3 is 2.71 bits per heavy atom. The van der Waals surface area contributed by atoms with E-state index in [2.05, 4.69) is 34.1 Å². The first-order chi connectivity index (χ1) is 10.1. The molecule has 2 unspecified atom stereocenters. The van der Waals surface area contributed by atoms with Gasteiger partial charge in [0.1, 0.15) is 0 Å². The molecule has 0 amide bonds. The maximum atomic E-state index is 5.63. The SMILES string of the molecule is CC1(C)CCCNC1c1nc(C2CN3CCN2CC3)no1. The fourth-order valence-corrected chi connectivity index (χ4v) is 4.00. The summed E-state index contributed by atoms with van der Waals surface area (Å²) in [4.78, 5) is 9.76. The quantitative estimate of drug-likeness (QED) is 0.883. The number of rotatable bonds is 2. The molecular formula is C15H25N5O. The van der Waals surface area contributed by atoms with Gasteiger partial charge >= 0.3 is 0 Å². The van der Waals surface area contributed by atoms with Gasteiger partial charge in [0.05, 0.1) is 12.1 Å². The number of hydrogen-bond donors (Lipinski definition) is 1. The zero-order chi connectivity index (χ0) is 14.4. The minimum atomic E-state index is 0.178. The van der Waals surface area contributed by atoms with E-state index in [1.54, 1.807) is 0 Å². The van der Waals surface area contributed by atoms with Crippen LogP contribution < -0.4 is 5.32 Å². The van der Waals surface area contributed by atoms with Gasteiger partial charge in [0.15, 0.2) is 5.82 Å². The second-order valence-corrected chi connectivity index (χ2v) is 7.32. The fourth-order valence-electron chi connectivity index (χ4n) is 4.00. The molecule has 1 N–H and O–H groups in total. The molecule has 4 aliphatic rings. The number of fused-ring (bicyclic) bond motifs is 3. The maximum absolute atomic E-state index is 5.63. The van der Waals surface area contributed by atoms with Gasteiger partial charge < -0.3 is 9.84 Å². The van der Waals surface area contributed by atoms with Gasteiger partial charge in [-0.15, -0.1) is 0 Å². The Morgan fingerprint density at radius 1 is 1.24 bits per heavy atom. The average Bonchev–Trinajstić information content (AvgIpc) is 2.97. The molecule has 2 atom stereocenters.